The molecule has 0 radical (unpaired) electrons. The minimum absolute atomic E-state index is 0.0197. The summed E-state index contributed by atoms with van der Waals surface area (Å²) in [6, 6.07) is 7.06. The molecule has 2 aliphatic heterocycles. The molecule has 2 aromatic heterocycles. The van der Waals surface area contributed by atoms with E-state index in [2.05, 4.69) is 15.0 Å². The van der Waals surface area contributed by atoms with Gasteiger partial charge in [-0.25, -0.2) is 9.97 Å². The number of benzene rings is 1. The molecule has 0 N–H and O–H groups in total. The Bertz CT molecular complexity index is 1210. The third-order valence-electron chi connectivity index (χ3n) is 5.65. The molecule has 0 bridgehead atoms. The summed E-state index contributed by atoms with van der Waals surface area (Å²) >= 11 is 6.13. The number of carbonyl (C=O) groups is 1. The summed E-state index contributed by atoms with van der Waals surface area (Å²) < 4.78 is 40.2. The minimum atomic E-state index is -4.50. The van der Waals surface area contributed by atoms with Crippen molar-refractivity contribution >= 4 is 29.0 Å². The van der Waals surface area contributed by atoms with Gasteiger partial charge in [-0.15, -0.1) is 0 Å². The number of aromatic nitrogens is 4. The van der Waals surface area contributed by atoms with Gasteiger partial charge in [-0.05, 0) is 30.0 Å². The summed E-state index contributed by atoms with van der Waals surface area (Å²) in [5.74, 6) is 0.834. The maximum absolute atomic E-state index is 13.0. The molecule has 32 heavy (non-hydrogen) atoms. The Morgan fingerprint density at radius 2 is 1.88 bits per heavy atom. The van der Waals surface area contributed by atoms with Crippen molar-refractivity contribution in [2.75, 3.05) is 22.9 Å². The first kappa shape index (κ1) is 20.7. The van der Waals surface area contributed by atoms with Crippen LogP contribution in [0.2, 0.25) is 5.28 Å². The molecule has 0 atom stereocenters. The van der Waals surface area contributed by atoms with E-state index in [-0.39, 0.29) is 23.6 Å². The zero-order chi connectivity index (χ0) is 22.6. The van der Waals surface area contributed by atoms with Crippen LogP contribution < -0.4 is 9.80 Å². The van der Waals surface area contributed by atoms with Crippen molar-refractivity contribution in [3.63, 3.8) is 0 Å². The van der Waals surface area contributed by atoms with E-state index in [1.807, 2.05) is 17.0 Å². The van der Waals surface area contributed by atoms with Gasteiger partial charge in [0.25, 0.3) is 0 Å². The van der Waals surface area contributed by atoms with Crippen molar-refractivity contribution in [2.45, 2.75) is 25.6 Å². The zero-order valence-corrected chi connectivity index (χ0v) is 17.8. The molecule has 0 saturated carbocycles. The largest absolute Gasteiger partial charge is 0.434 e. The Morgan fingerprint density at radius 3 is 2.56 bits per heavy atom. The molecule has 0 saturated heterocycles. The molecule has 5 rings (SSSR count). The number of carbonyl (C=O) groups excluding carboxylic acids is 1. The van der Waals surface area contributed by atoms with E-state index >= 15 is 0 Å². The molecule has 0 aliphatic carbocycles. The van der Waals surface area contributed by atoms with Gasteiger partial charge in [0.05, 0.1) is 12.2 Å². The molecule has 7 nitrogen and oxygen atoms in total. The van der Waals surface area contributed by atoms with Crippen LogP contribution in [-0.2, 0) is 31.0 Å². The average Bonchev–Trinajstić information content (AvgIpc) is 3.14. The van der Waals surface area contributed by atoms with Crippen LogP contribution in [0.25, 0.3) is 11.4 Å². The molecule has 0 fully saturated rings. The second kappa shape index (κ2) is 7.47. The first-order chi connectivity index (χ1) is 15.2. The standard InChI is InChI=1S/C21H18ClF3N6O/c1-29-10-15(21(23,24)25)27-18(29)13-6-4-12(5-7-13)9-30-11-16(32)31-8-2-3-14-17(31)19(30)28-20(22)26-14/h4-7,10H,2-3,8-9,11H2,1H3. The maximum atomic E-state index is 13.0. The molecule has 166 valence electrons. The fourth-order valence-corrected chi connectivity index (χ4v) is 4.38. The quantitative estimate of drug-likeness (QED) is 0.553. The van der Waals surface area contributed by atoms with Gasteiger partial charge in [-0.2, -0.15) is 18.2 Å². The summed E-state index contributed by atoms with van der Waals surface area (Å²) in [7, 11) is 1.53. The van der Waals surface area contributed by atoms with Gasteiger partial charge in [0, 0.05) is 31.9 Å². The second-order valence-corrected chi connectivity index (χ2v) is 8.21. The molecule has 1 amide bonds. The predicted molar refractivity (Wildman–Crippen MR) is 112 cm³/mol. The summed E-state index contributed by atoms with van der Waals surface area (Å²) in [4.78, 5) is 28.7. The van der Waals surface area contributed by atoms with Crippen LogP contribution in [-0.4, -0.2) is 38.5 Å². The van der Waals surface area contributed by atoms with Gasteiger partial charge in [0.15, 0.2) is 11.5 Å². The normalized spacial score (nSPS) is 15.8. The van der Waals surface area contributed by atoms with E-state index in [1.54, 1.807) is 17.0 Å². The third kappa shape index (κ3) is 3.58. The Balaban J connectivity index is 1.43. The molecule has 1 aromatic carbocycles. The van der Waals surface area contributed by atoms with E-state index in [9.17, 15) is 18.0 Å². The van der Waals surface area contributed by atoms with Crippen molar-refractivity contribution in [3.05, 3.63) is 52.7 Å². The average molecular weight is 463 g/mol. The molecular formula is C21H18ClF3N6O. The van der Waals surface area contributed by atoms with Gasteiger partial charge >= 0.3 is 6.18 Å². The number of hydrogen-bond acceptors (Lipinski definition) is 5. The molecule has 0 unspecified atom stereocenters. The van der Waals surface area contributed by atoms with Gasteiger partial charge in [0.1, 0.15) is 11.5 Å². The molecule has 0 spiro atoms. The summed E-state index contributed by atoms with van der Waals surface area (Å²) in [6.07, 6.45) is -1.96. The number of aryl methyl sites for hydroxylation is 2. The van der Waals surface area contributed by atoms with Crippen LogP contribution in [0.1, 0.15) is 23.4 Å². The predicted octanol–water partition coefficient (Wildman–Crippen LogP) is 3.85. The number of hydrogen-bond donors (Lipinski definition) is 0. The lowest BCUT2D eigenvalue weighted by molar-refractivity contribution is -0.140. The first-order valence-electron chi connectivity index (χ1n) is 10.0. The second-order valence-electron chi connectivity index (χ2n) is 7.87. The Hall–Kier alpha value is -3.14. The molecule has 11 heteroatoms. The maximum Gasteiger partial charge on any atom is 0.434 e. The highest BCUT2D eigenvalue weighted by Gasteiger charge is 2.36. The van der Waals surface area contributed by atoms with E-state index < -0.39 is 11.9 Å². The smallest absolute Gasteiger partial charge is 0.341 e. The van der Waals surface area contributed by atoms with Crippen molar-refractivity contribution in [2.24, 2.45) is 7.05 Å². The molecular weight excluding hydrogens is 445 g/mol. The Morgan fingerprint density at radius 1 is 1.12 bits per heavy atom. The van der Waals surface area contributed by atoms with Crippen LogP contribution >= 0.6 is 11.6 Å². The Labute approximate surface area is 186 Å². The molecule has 2 aliphatic rings. The topological polar surface area (TPSA) is 67.2 Å². The lowest BCUT2D eigenvalue weighted by atomic mass is 10.0. The summed E-state index contributed by atoms with van der Waals surface area (Å²) in [5, 5.41) is 0.144. The summed E-state index contributed by atoms with van der Waals surface area (Å²) in [6.45, 7) is 1.19. The fraction of sp³-hybridized carbons (Fsp3) is 0.333. The lowest BCUT2D eigenvalue weighted by Crippen LogP contribution is -2.48. The molecule has 4 heterocycles. The highest BCUT2D eigenvalue weighted by atomic mass is 35.5. The highest BCUT2D eigenvalue weighted by molar-refractivity contribution is 6.28. The van der Waals surface area contributed by atoms with Crippen molar-refractivity contribution < 1.29 is 18.0 Å². The van der Waals surface area contributed by atoms with Crippen molar-refractivity contribution in [1.82, 2.24) is 19.5 Å². The van der Waals surface area contributed by atoms with Crippen molar-refractivity contribution in [3.8, 4) is 11.4 Å². The van der Waals surface area contributed by atoms with Gasteiger partial charge < -0.3 is 14.4 Å². The zero-order valence-electron chi connectivity index (χ0n) is 17.0. The van der Waals surface area contributed by atoms with E-state index in [1.165, 1.54) is 11.6 Å². The first-order valence-corrected chi connectivity index (χ1v) is 10.4. The third-order valence-corrected chi connectivity index (χ3v) is 5.82. The SMILES string of the molecule is Cn1cc(C(F)(F)F)nc1-c1ccc(CN2CC(=O)N3CCCc4nc(Cl)nc2c43)cc1. The highest BCUT2D eigenvalue weighted by Crippen LogP contribution is 2.39. The van der Waals surface area contributed by atoms with Gasteiger partial charge in [-0.1, -0.05) is 24.3 Å². The number of amides is 1. The van der Waals surface area contributed by atoms with Crippen molar-refractivity contribution in [1.29, 1.82) is 0 Å². The van der Waals surface area contributed by atoms with Crippen LogP contribution in [0.15, 0.2) is 30.5 Å². The van der Waals surface area contributed by atoms with Crippen LogP contribution in [0, 0.1) is 0 Å². The number of halogens is 4. The number of alkyl halides is 3. The van der Waals surface area contributed by atoms with E-state index in [4.69, 9.17) is 11.6 Å². The van der Waals surface area contributed by atoms with Gasteiger partial charge in [-0.3, -0.25) is 4.79 Å². The number of imidazole rings is 1. The van der Waals surface area contributed by atoms with E-state index in [0.29, 0.717) is 24.5 Å². The van der Waals surface area contributed by atoms with Crippen LogP contribution in [0.3, 0.4) is 0 Å². The lowest BCUT2D eigenvalue weighted by Gasteiger charge is -2.39. The fourth-order valence-electron chi connectivity index (χ4n) is 4.20. The van der Waals surface area contributed by atoms with Crippen LogP contribution in [0.5, 0.6) is 0 Å². The summed E-state index contributed by atoms with van der Waals surface area (Å²) in [5.41, 5.74) is 2.01. The number of nitrogens with zero attached hydrogens (tertiary/aromatic N) is 6. The number of anilines is 2. The number of rotatable bonds is 3. The monoisotopic (exact) mass is 462 g/mol. The minimum Gasteiger partial charge on any atom is -0.341 e. The molecule has 3 aromatic rings. The van der Waals surface area contributed by atoms with E-state index in [0.717, 1.165) is 36.0 Å². The Kier molecular flexibility index (Phi) is 4.85. The van der Waals surface area contributed by atoms with Gasteiger partial charge in [0.2, 0.25) is 11.2 Å². The van der Waals surface area contributed by atoms with Crippen LogP contribution in [0.4, 0.5) is 24.7 Å².